The SMILES string of the molecule is Nc1nc(Nc2ccc(Cl)cc2)sc1C(=O)c1ccc([N+](=O)[O-])cc1. The van der Waals surface area contributed by atoms with Crippen molar-refractivity contribution in [2.45, 2.75) is 0 Å². The van der Waals surface area contributed by atoms with Crippen LogP contribution in [0.4, 0.5) is 22.3 Å². The Bertz CT molecular complexity index is 939. The molecule has 0 atom stereocenters. The number of nitrogens with one attached hydrogen (secondary N) is 1. The summed E-state index contributed by atoms with van der Waals surface area (Å²) >= 11 is 6.94. The van der Waals surface area contributed by atoms with E-state index < -0.39 is 4.92 Å². The first-order valence-electron chi connectivity index (χ1n) is 7.02. The third-order valence-electron chi connectivity index (χ3n) is 3.30. The lowest BCUT2D eigenvalue weighted by Crippen LogP contribution is -2.02. The fraction of sp³-hybridized carbons (Fsp3) is 0. The molecule has 2 aromatic carbocycles. The Kier molecular flexibility index (Phi) is 4.64. The van der Waals surface area contributed by atoms with Crippen LogP contribution in [0.2, 0.25) is 5.02 Å². The van der Waals surface area contributed by atoms with Gasteiger partial charge < -0.3 is 11.1 Å². The number of carbonyl (C=O) groups excluding carboxylic acids is 1. The average Bonchev–Trinajstić information content (AvgIpc) is 2.96. The molecule has 0 bridgehead atoms. The Balaban J connectivity index is 1.82. The molecule has 1 aromatic heterocycles. The van der Waals surface area contributed by atoms with Crippen LogP contribution in [0.25, 0.3) is 0 Å². The van der Waals surface area contributed by atoms with E-state index in [2.05, 4.69) is 10.3 Å². The summed E-state index contributed by atoms with van der Waals surface area (Å²) in [4.78, 5) is 27.1. The van der Waals surface area contributed by atoms with Crippen molar-refractivity contribution in [2.24, 2.45) is 0 Å². The van der Waals surface area contributed by atoms with Crippen molar-refractivity contribution in [3.05, 3.63) is 74.1 Å². The number of nitrogen functional groups attached to an aromatic ring is 1. The van der Waals surface area contributed by atoms with Crippen LogP contribution in [0.5, 0.6) is 0 Å². The number of benzene rings is 2. The van der Waals surface area contributed by atoms with Crippen molar-refractivity contribution in [1.82, 2.24) is 4.98 Å². The van der Waals surface area contributed by atoms with Crippen LogP contribution in [-0.2, 0) is 0 Å². The van der Waals surface area contributed by atoms with Crippen LogP contribution in [0, 0.1) is 10.1 Å². The van der Waals surface area contributed by atoms with Gasteiger partial charge in [-0.1, -0.05) is 22.9 Å². The number of hydrogen-bond acceptors (Lipinski definition) is 7. The molecule has 3 aromatic rings. The fourth-order valence-electron chi connectivity index (χ4n) is 2.07. The number of halogens is 1. The number of hydrogen-bond donors (Lipinski definition) is 2. The van der Waals surface area contributed by atoms with E-state index in [-0.39, 0.29) is 22.2 Å². The van der Waals surface area contributed by atoms with Gasteiger partial charge in [-0.25, -0.2) is 4.98 Å². The van der Waals surface area contributed by atoms with E-state index in [1.165, 1.54) is 24.3 Å². The second-order valence-corrected chi connectivity index (χ2v) is 6.43. The number of non-ortho nitro benzene ring substituents is 1. The molecule has 3 rings (SSSR count). The molecular weight excluding hydrogens is 364 g/mol. The largest absolute Gasteiger partial charge is 0.382 e. The molecule has 0 aliphatic carbocycles. The monoisotopic (exact) mass is 374 g/mol. The third kappa shape index (κ3) is 3.76. The predicted molar refractivity (Wildman–Crippen MR) is 97.8 cm³/mol. The van der Waals surface area contributed by atoms with Crippen LogP contribution >= 0.6 is 22.9 Å². The Morgan fingerprint density at radius 3 is 2.40 bits per heavy atom. The lowest BCUT2D eigenvalue weighted by atomic mass is 10.1. The second-order valence-electron chi connectivity index (χ2n) is 5.00. The van der Waals surface area contributed by atoms with Gasteiger partial charge in [0.1, 0.15) is 10.7 Å². The van der Waals surface area contributed by atoms with Crippen molar-refractivity contribution in [3.63, 3.8) is 0 Å². The van der Waals surface area contributed by atoms with Crippen molar-refractivity contribution >= 4 is 51.0 Å². The van der Waals surface area contributed by atoms with Crippen LogP contribution in [0.1, 0.15) is 15.2 Å². The highest BCUT2D eigenvalue weighted by Gasteiger charge is 2.19. The number of nitro groups is 1. The van der Waals surface area contributed by atoms with E-state index >= 15 is 0 Å². The standard InChI is InChI=1S/C16H11ClN4O3S/c17-10-3-5-11(6-4-10)19-16-20-15(18)14(25-16)13(22)9-1-7-12(8-2-9)21(23)24/h1-8H,18H2,(H,19,20). The zero-order chi connectivity index (χ0) is 18.0. The second kappa shape index (κ2) is 6.88. The Morgan fingerprint density at radius 1 is 1.16 bits per heavy atom. The van der Waals surface area contributed by atoms with Gasteiger partial charge in [-0.05, 0) is 36.4 Å². The summed E-state index contributed by atoms with van der Waals surface area (Å²) in [6.45, 7) is 0. The molecule has 7 nitrogen and oxygen atoms in total. The van der Waals surface area contributed by atoms with Crippen molar-refractivity contribution in [3.8, 4) is 0 Å². The van der Waals surface area contributed by atoms with Gasteiger partial charge in [0.05, 0.1) is 4.92 Å². The molecule has 9 heteroatoms. The van der Waals surface area contributed by atoms with Gasteiger partial charge in [0.2, 0.25) is 5.78 Å². The molecule has 0 aliphatic heterocycles. The first kappa shape index (κ1) is 16.9. The minimum absolute atomic E-state index is 0.0843. The predicted octanol–water partition coefficient (Wildman–Crippen LogP) is 4.26. The van der Waals surface area contributed by atoms with E-state index in [9.17, 15) is 14.9 Å². The smallest absolute Gasteiger partial charge is 0.269 e. The van der Waals surface area contributed by atoms with Gasteiger partial charge in [0.25, 0.3) is 5.69 Å². The molecule has 0 unspecified atom stereocenters. The summed E-state index contributed by atoms with van der Waals surface area (Å²) in [7, 11) is 0. The molecule has 0 saturated carbocycles. The highest BCUT2D eigenvalue weighted by atomic mass is 35.5. The molecule has 0 aliphatic rings. The number of ketones is 1. The minimum atomic E-state index is -0.524. The maximum atomic E-state index is 12.5. The molecule has 3 N–H and O–H groups in total. The molecule has 0 saturated heterocycles. The molecule has 0 fully saturated rings. The first-order chi connectivity index (χ1) is 11.9. The number of nitrogens with two attached hydrogens (primary N) is 1. The number of thiazole rings is 1. The van der Waals surface area contributed by atoms with E-state index in [0.29, 0.717) is 15.7 Å². The summed E-state index contributed by atoms with van der Waals surface area (Å²) in [6.07, 6.45) is 0. The number of nitrogens with zero attached hydrogens (tertiary/aromatic N) is 2. The van der Waals surface area contributed by atoms with Gasteiger partial charge in [0, 0.05) is 28.4 Å². The number of rotatable bonds is 5. The Morgan fingerprint density at radius 2 is 1.80 bits per heavy atom. The van der Waals surface area contributed by atoms with Gasteiger partial charge in [0.15, 0.2) is 5.13 Å². The Hall–Kier alpha value is -2.97. The summed E-state index contributed by atoms with van der Waals surface area (Å²) in [5, 5.41) is 14.8. The normalized spacial score (nSPS) is 10.4. The number of aromatic nitrogens is 1. The Labute approximate surface area is 151 Å². The molecule has 0 amide bonds. The summed E-state index contributed by atoms with van der Waals surface area (Å²) < 4.78 is 0. The van der Waals surface area contributed by atoms with Gasteiger partial charge in [-0.15, -0.1) is 0 Å². The lowest BCUT2D eigenvalue weighted by Gasteiger charge is -2.01. The number of anilines is 3. The van der Waals surface area contributed by atoms with Crippen LogP contribution in [0.15, 0.2) is 48.5 Å². The van der Waals surface area contributed by atoms with Crippen LogP contribution in [-0.4, -0.2) is 15.7 Å². The van der Waals surface area contributed by atoms with Gasteiger partial charge >= 0.3 is 0 Å². The molecule has 126 valence electrons. The van der Waals surface area contributed by atoms with Crippen molar-refractivity contribution < 1.29 is 9.72 Å². The van der Waals surface area contributed by atoms with Gasteiger partial charge in [-0.2, -0.15) is 0 Å². The highest BCUT2D eigenvalue weighted by molar-refractivity contribution is 7.18. The van der Waals surface area contributed by atoms with Crippen molar-refractivity contribution in [1.29, 1.82) is 0 Å². The lowest BCUT2D eigenvalue weighted by molar-refractivity contribution is -0.384. The summed E-state index contributed by atoms with van der Waals surface area (Å²) in [5.74, 6) is -0.237. The number of carbonyl (C=O) groups is 1. The van der Waals surface area contributed by atoms with E-state index in [1.54, 1.807) is 24.3 Å². The molecular formula is C16H11ClN4O3S. The zero-order valence-electron chi connectivity index (χ0n) is 12.6. The van der Waals surface area contributed by atoms with Crippen LogP contribution < -0.4 is 11.1 Å². The third-order valence-corrected chi connectivity index (χ3v) is 4.53. The summed E-state index contributed by atoms with van der Waals surface area (Å²) in [6, 6.07) is 12.3. The average molecular weight is 375 g/mol. The van der Waals surface area contributed by atoms with E-state index in [1.807, 2.05) is 0 Å². The topological polar surface area (TPSA) is 111 Å². The molecule has 25 heavy (non-hydrogen) atoms. The van der Waals surface area contributed by atoms with Crippen molar-refractivity contribution in [2.75, 3.05) is 11.1 Å². The maximum absolute atomic E-state index is 12.5. The molecule has 1 heterocycles. The maximum Gasteiger partial charge on any atom is 0.269 e. The van der Waals surface area contributed by atoms with Crippen LogP contribution in [0.3, 0.4) is 0 Å². The van der Waals surface area contributed by atoms with E-state index in [0.717, 1.165) is 17.0 Å². The first-order valence-corrected chi connectivity index (χ1v) is 8.21. The van der Waals surface area contributed by atoms with Gasteiger partial charge in [-0.3, -0.25) is 14.9 Å². The van der Waals surface area contributed by atoms with E-state index in [4.69, 9.17) is 17.3 Å². The number of nitro benzene ring substituents is 1. The zero-order valence-corrected chi connectivity index (χ0v) is 14.2. The molecule has 0 radical (unpaired) electrons. The minimum Gasteiger partial charge on any atom is -0.382 e. The molecule has 0 spiro atoms. The summed E-state index contributed by atoms with van der Waals surface area (Å²) in [5.41, 5.74) is 6.82. The quantitative estimate of drug-likeness (QED) is 0.392. The highest BCUT2D eigenvalue weighted by Crippen LogP contribution is 2.30. The fourth-order valence-corrected chi connectivity index (χ4v) is 3.06.